The molecule has 9 heteroatoms. The number of rotatable bonds is 4. The third kappa shape index (κ3) is 4.89. The number of likely N-dealkylation sites (tertiary alicyclic amines) is 1. The molecule has 2 aromatic rings. The van der Waals surface area contributed by atoms with Crippen molar-refractivity contribution in [2.45, 2.75) is 37.9 Å². The standard InChI is InChI=1S/C20H22FN5O2.ClH/c21-14-3-1-13(2-4-14)11-24-19(27)17-18(23-9-8-22-17)20(28)26-10-7-15-5-6-16(12-26)25-15;/h1-4,8-9,15-16,25H,5-7,10-12H2,(H,24,27);1H. The van der Waals surface area contributed by atoms with Crippen LogP contribution in [0.3, 0.4) is 0 Å². The Hall–Kier alpha value is -2.58. The number of halogens is 2. The second-order valence-corrected chi connectivity index (χ2v) is 7.24. The van der Waals surface area contributed by atoms with Gasteiger partial charge in [0, 0.05) is 44.1 Å². The van der Waals surface area contributed by atoms with Crippen molar-refractivity contribution in [1.29, 1.82) is 0 Å². The number of nitrogens with one attached hydrogen (secondary N) is 2. The first kappa shape index (κ1) is 21.1. The Kier molecular flexibility index (Phi) is 6.76. The summed E-state index contributed by atoms with van der Waals surface area (Å²) in [5.74, 6) is -1.08. The molecule has 2 bridgehead atoms. The van der Waals surface area contributed by atoms with Crippen molar-refractivity contribution in [2.75, 3.05) is 13.1 Å². The fraction of sp³-hybridized carbons (Fsp3) is 0.400. The quantitative estimate of drug-likeness (QED) is 0.790. The second kappa shape index (κ2) is 9.28. The first-order valence-electron chi connectivity index (χ1n) is 9.49. The fourth-order valence-electron chi connectivity index (χ4n) is 3.81. The van der Waals surface area contributed by atoms with Crippen LogP contribution < -0.4 is 10.6 Å². The SMILES string of the molecule is Cl.O=C(NCc1ccc(F)cc1)c1nccnc1C(=O)N1CCC2CCC(C1)N2. The first-order valence-corrected chi connectivity index (χ1v) is 9.49. The molecule has 0 radical (unpaired) electrons. The Morgan fingerprint density at radius 2 is 1.76 bits per heavy atom. The highest BCUT2D eigenvalue weighted by atomic mass is 35.5. The lowest BCUT2D eigenvalue weighted by Gasteiger charge is -2.24. The maximum atomic E-state index is 13.0. The highest BCUT2D eigenvalue weighted by molar-refractivity contribution is 6.04. The maximum absolute atomic E-state index is 13.0. The number of amides is 2. The number of nitrogens with zero attached hydrogens (tertiary/aromatic N) is 3. The van der Waals surface area contributed by atoms with E-state index in [0.717, 1.165) is 24.8 Å². The highest BCUT2D eigenvalue weighted by Gasteiger charge is 2.33. The summed E-state index contributed by atoms with van der Waals surface area (Å²) in [6, 6.07) is 6.61. The monoisotopic (exact) mass is 419 g/mol. The lowest BCUT2D eigenvalue weighted by Crippen LogP contribution is -2.40. The fourth-order valence-corrected chi connectivity index (χ4v) is 3.81. The number of hydrogen-bond donors (Lipinski definition) is 2. The van der Waals surface area contributed by atoms with Crippen LogP contribution in [0.2, 0.25) is 0 Å². The van der Waals surface area contributed by atoms with Gasteiger partial charge < -0.3 is 15.5 Å². The van der Waals surface area contributed by atoms with Crippen molar-refractivity contribution in [2.24, 2.45) is 0 Å². The molecule has 154 valence electrons. The van der Waals surface area contributed by atoms with Crippen LogP contribution in [0.5, 0.6) is 0 Å². The van der Waals surface area contributed by atoms with E-state index in [2.05, 4.69) is 20.6 Å². The van der Waals surface area contributed by atoms with E-state index < -0.39 is 5.91 Å². The Labute approximate surface area is 174 Å². The van der Waals surface area contributed by atoms with Crippen molar-refractivity contribution >= 4 is 24.2 Å². The number of carbonyl (C=O) groups is 2. The number of aromatic nitrogens is 2. The molecule has 2 N–H and O–H groups in total. The van der Waals surface area contributed by atoms with Gasteiger partial charge in [0.1, 0.15) is 5.82 Å². The number of benzene rings is 1. The van der Waals surface area contributed by atoms with Crippen LogP contribution in [0, 0.1) is 5.82 Å². The molecule has 4 rings (SSSR count). The van der Waals surface area contributed by atoms with Crippen molar-refractivity contribution in [1.82, 2.24) is 25.5 Å². The molecule has 1 aromatic heterocycles. The molecule has 0 spiro atoms. The Morgan fingerprint density at radius 1 is 1.07 bits per heavy atom. The van der Waals surface area contributed by atoms with Crippen LogP contribution in [-0.4, -0.2) is 51.9 Å². The predicted octanol–water partition coefficient (Wildman–Crippen LogP) is 1.93. The third-order valence-electron chi connectivity index (χ3n) is 5.29. The van der Waals surface area contributed by atoms with Crippen LogP contribution in [0.1, 0.15) is 45.8 Å². The van der Waals surface area contributed by atoms with Crippen molar-refractivity contribution < 1.29 is 14.0 Å². The summed E-state index contributed by atoms with van der Waals surface area (Å²) in [6.45, 7) is 1.46. The van der Waals surface area contributed by atoms with Crippen LogP contribution in [0.15, 0.2) is 36.7 Å². The van der Waals surface area contributed by atoms with Gasteiger partial charge in [-0.3, -0.25) is 9.59 Å². The van der Waals surface area contributed by atoms with Gasteiger partial charge >= 0.3 is 0 Å². The Morgan fingerprint density at radius 3 is 2.52 bits per heavy atom. The smallest absolute Gasteiger partial charge is 0.274 e. The van der Waals surface area contributed by atoms with E-state index in [9.17, 15) is 14.0 Å². The van der Waals surface area contributed by atoms with Gasteiger partial charge in [-0.2, -0.15) is 0 Å². The summed E-state index contributed by atoms with van der Waals surface area (Å²) in [5.41, 5.74) is 0.829. The highest BCUT2D eigenvalue weighted by Crippen LogP contribution is 2.21. The van der Waals surface area contributed by atoms with Gasteiger partial charge in [0.15, 0.2) is 11.4 Å². The molecule has 2 atom stereocenters. The zero-order chi connectivity index (χ0) is 19.5. The van der Waals surface area contributed by atoms with E-state index in [-0.39, 0.29) is 42.1 Å². The largest absolute Gasteiger partial charge is 0.347 e. The molecule has 29 heavy (non-hydrogen) atoms. The van der Waals surface area contributed by atoms with Gasteiger partial charge in [-0.25, -0.2) is 14.4 Å². The summed E-state index contributed by atoms with van der Waals surface area (Å²) in [6.07, 6.45) is 5.92. The predicted molar refractivity (Wildman–Crippen MR) is 107 cm³/mol. The molecule has 1 aromatic carbocycles. The van der Waals surface area contributed by atoms with Crippen LogP contribution in [0.25, 0.3) is 0 Å². The lowest BCUT2D eigenvalue weighted by molar-refractivity contribution is 0.0734. The van der Waals surface area contributed by atoms with Gasteiger partial charge in [-0.15, -0.1) is 12.4 Å². The molecule has 2 aliphatic heterocycles. The molecule has 0 aliphatic carbocycles. The van der Waals surface area contributed by atoms with E-state index in [1.54, 1.807) is 17.0 Å². The Bertz CT molecular complexity index is 879. The van der Waals surface area contributed by atoms with Gasteiger partial charge in [0.25, 0.3) is 11.8 Å². The molecule has 0 saturated carbocycles. The summed E-state index contributed by atoms with van der Waals surface area (Å²) >= 11 is 0. The van der Waals surface area contributed by atoms with E-state index in [1.807, 2.05) is 0 Å². The van der Waals surface area contributed by atoms with Gasteiger partial charge in [0.2, 0.25) is 0 Å². The normalized spacial score (nSPS) is 20.5. The van der Waals surface area contributed by atoms with Crippen LogP contribution in [-0.2, 0) is 6.54 Å². The van der Waals surface area contributed by atoms with E-state index in [4.69, 9.17) is 0 Å². The maximum Gasteiger partial charge on any atom is 0.274 e. The topological polar surface area (TPSA) is 87.2 Å². The van der Waals surface area contributed by atoms with E-state index in [1.165, 1.54) is 24.5 Å². The number of hydrogen-bond acceptors (Lipinski definition) is 5. The number of fused-ring (bicyclic) bond motifs is 2. The van der Waals surface area contributed by atoms with Crippen molar-refractivity contribution in [3.63, 3.8) is 0 Å². The lowest BCUT2D eigenvalue weighted by atomic mass is 10.1. The summed E-state index contributed by atoms with van der Waals surface area (Å²) in [5, 5.41) is 6.26. The molecular formula is C20H23ClFN5O2. The minimum absolute atomic E-state index is 0. The number of carbonyl (C=O) groups excluding carboxylic acids is 2. The van der Waals surface area contributed by atoms with Gasteiger partial charge in [0.05, 0.1) is 0 Å². The minimum atomic E-state index is -0.477. The average molecular weight is 420 g/mol. The zero-order valence-electron chi connectivity index (χ0n) is 15.8. The minimum Gasteiger partial charge on any atom is -0.347 e. The second-order valence-electron chi connectivity index (χ2n) is 7.24. The van der Waals surface area contributed by atoms with Crippen molar-refractivity contribution in [3.8, 4) is 0 Å². The van der Waals surface area contributed by atoms with Crippen molar-refractivity contribution in [3.05, 3.63) is 59.4 Å². The van der Waals surface area contributed by atoms with Crippen LogP contribution in [0.4, 0.5) is 4.39 Å². The van der Waals surface area contributed by atoms with Gasteiger partial charge in [-0.05, 0) is 37.0 Å². The molecule has 3 heterocycles. The third-order valence-corrected chi connectivity index (χ3v) is 5.29. The molecule has 2 amide bonds. The molecule has 2 saturated heterocycles. The summed E-state index contributed by atoms with van der Waals surface area (Å²) in [4.78, 5) is 35.7. The van der Waals surface area contributed by atoms with Gasteiger partial charge in [-0.1, -0.05) is 12.1 Å². The summed E-state index contributed by atoms with van der Waals surface area (Å²) in [7, 11) is 0. The molecule has 7 nitrogen and oxygen atoms in total. The molecular weight excluding hydrogens is 397 g/mol. The Balaban J connectivity index is 0.00000240. The molecule has 2 fully saturated rings. The average Bonchev–Trinajstić information content (AvgIpc) is 3.05. The van der Waals surface area contributed by atoms with Crippen LogP contribution >= 0.6 is 12.4 Å². The van der Waals surface area contributed by atoms with E-state index >= 15 is 0 Å². The molecule has 2 unspecified atom stereocenters. The zero-order valence-corrected chi connectivity index (χ0v) is 16.6. The van der Waals surface area contributed by atoms with E-state index in [0.29, 0.717) is 25.2 Å². The summed E-state index contributed by atoms with van der Waals surface area (Å²) < 4.78 is 13.0. The first-order chi connectivity index (χ1) is 13.6. The molecule has 2 aliphatic rings.